The first-order valence-corrected chi connectivity index (χ1v) is 3.99. The van der Waals surface area contributed by atoms with Crippen LogP contribution in [0.2, 0.25) is 0 Å². The Morgan fingerprint density at radius 1 is 1.36 bits per heavy atom. The fraction of sp³-hybridized carbons (Fsp3) is 0.333. The minimum atomic E-state index is -2.51. The number of hydrogen-bond donors (Lipinski definition) is 1. The third-order valence-electron chi connectivity index (χ3n) is 1.58. The van der Waals surface area contributed by atoms with Crippen LogP contribution in [-0.2, 0) is 11.3 Å². The minimum absolute atomic E-state index is 0.0302. The summed E-state index contributed by atoms with van der Waals surface area (Å²) >= 11 is 0. The topological polar surface area (TPSA) is 35.2 Å². The number of halogens is 3. The van der Waals surface area contributed by atoms with Crippen molar-refractivity contribution in [1.82, 2.24) is 0 Å². The Kier molecular flexibility index (Phi) is 3.76. The lowest BCUT2D eigenvalue weighted by Crippen LogP contribution is -2.04. The predicted octanol–water partition coefficient (Wildman–Crippen LogP) is 2.19. The molecule has 14 heavy (non-hydrogen) atoms. The second kappa shape index (κ2) is 4.85. The van der Waals surface area contributed by atoms with Crippen LogP contribution in [0.5, 0.6) is 0 Å². The summed E-state index contributed by atoms with van der Waals surface area (Å²) in [5, 5.41) is 0. The van der Waals surface area contributed by atoms with Gasteiger partial charge in [0.25, 0.3) is 6.43 Å². The van der Waals surface area contributed by atoms with E-state index in [0.29, 0.717) is 5.56 Å². The monoisotopic (exact) mass is 205 g/mol. The van der Waals surface area contributed by atoms with Gasteiger partial charge in [-0.05, 0) is 17.7 Å². The number of nitrogens with two attached hydrogens (primary N) is 1. The van der Waals surface area contributed by atoms with Crippen LogP contribution in [-0.4, -0.2) is 13.0 Å². The Labute approximate surface area is 79.5 Å². The summed E-state index contributed by atoms with van der Waals surface area (Å²) in [6.07, 6.45) is -2.51. The summed E-state index contributed by atoms with van der Waals surface area (Å²) in [5.41, 5.74) is 5.74. The molecule has 0 aliphatic rings. The van der Waals surface area contributed by atoms with Gasteiger partial charge in [-0.1, -0.05) is 6.07 Å². The van der Waals surface area contributed by atoms with Gasteiger partial charge in [-0.15, -0.1) is 0 Å². The molecule has 0 aromatic heterocycles. The van der Waals surface area contributed by atoms with Crippen molar-refractivity contribution in [1.29, 1.82) is 0 Å². The molecule has 0 atom stereocenters. The first-order chi connectivity index (χ1) is 6.59. The smallest absolute Gasteiger partial charge is 0.261 e. The van der Waals surface area contributed by atoms with Gasteiger partial charge in [0, 0.05) is 0 Å². The fourth-order valence-corrected chi connectivity index (χ4v) is 0.926. The molecule has 0 radical (unpaired) electrons. The zero-order valence-electron chi connectivity index (χ0n) is 7.34. The van der Waals surface area contributed by atoms with Crippen LogP contribution in [0, 0.1) is 5.82 Å². The number of anilines is 1. The zero-order chi connectivity index (χ0) is 10.6. The molecule has 0 aliphatic carbocycles. The largest absolute Gasteiger partial charge is 0.396 e. The van der Waals surface area contributed by atoms with E-state index in [2.05, 4.69) is 4.74 Å². The molecule has 78 valence electrons. The molecule has 2 nitrogen and oxygen atoms in total. The molecule has 0 spiro atoms. The Morgan fingerprint density at radius 3 is 2.64 bits per heavy atom. The molecule has 0 fully saturated rings. The minimum Gasteiger partial charge on any atom is -0.396 e. The van der Waals surface area contributed by atoms with E-state index < -0.39 is 18.8 Å². The van der Waals surface area contributed by atoms with Crippen LogP contribution in [0.25, 0.3) is 0 Å². The van der Waals surface area contributed by atoms with E-state index in [4.69, 9.17) is 5.73 Å². The maximum atomic E-state index is 12.8. The second-order valence-corrected chi connectivity index (χ2v) is 2.76. The van der Waals surface area contributed by atoms with Gasteiger partial charge in [-0.3, -0.25) is 0 Å². The van der Waals surface area contributed by atoms with Crippen LogP contribution < -0.4 is 5.73 Å². The molecule has 1 aromatic carbocycles. The summed E-state index contributed by atoms with van der Waals surface area (Å²) in [5.74, 6) is -0.567. The Balaban J connectivity index is 2.47. The average molecular weight is 205 g/mol. The molecule has 5 heteroatoms. The SMILES string of the molecule is Nc1ccc(COCC(F)F)cc1F. The molecule has 2 N–H and O–H groups in total. The lowest BCUT2D eigenvalue weighted by Gasteiger charge is -2.04. The van der Waals surface area contributed by atoms with Crippen molar-refractivity contribution >= 4 is 5.69 Å². The predicted molar refractivity (Wildman–Crippen MR) is 46.5 cm³/mol. The molecule has 0 saturated carbocycles. The number of benzene rings is 1. The van der Waals surface area contributed by atoms with E-state index in [1.807, 2.05) is 0 Å². The first kappa shape index (κ1) is 10.8. The molecular weight excluding hydrogens is 195 g/mol. The van der Waals surface area contributed by atoms with E-state index in [-0.39, 0.29) is 12.3 Å². The Bertz CT molecular complexity index is 304. The van der Waals surface area contributed by atoms with Gasteiger partial charge in [0.2, 0.25) is 0 Å². The quantitative estimate of drug-likeness (QED) is 0.764. The van der Waals surface area contributed by atoms with Crippen molar-refractivity contribution in [3.63, 3.8) is 0 Å². The van der Waals surface area contributed by atoms with Gasteiger partial charge in [-0.2, -0.15) is 0 Å². The number of nitrogen functional groups attached to an aromatic ring is 1. The lowest BCUT2D eigenvalue weighted by molar-refractivity contribution is 0.00982. The first-order valence-electron chi connectivity index (χ1n) is 3.99. The Morgan fingerprint density at radius 2 is 2.07 bits per heavy atom. The number of hydrogen-bond acceptors (Lipinski definition) is 2. The van der Waals surface area contributed by atoms with Crippen LogP contribution in [0.4, 0.5) is 18.9 Å². The van der Waals surface area contributed by atoms with Crippen molar-refractivity contribution < 1.29 is 17.9 Å². The van der Waals surface area contributed by atoms with Crippen LogP contribution in [0.1, 0.15) is 5.56 Å². The van der Waals surface area contributed by atoms with E-state index in [1.54, 1.807) is 0 Å². The highest BCUT2D eigenvalue weighted by Crippen LogP contribution is 2.12. The third-order valence-corrected chi connectivity index (χ3v) is 1.58. The van der Waals surface area contributed by atoms with Crippen LogP contribution in [0.3, 0.4) is 0 Å². The molecule has 0 bridgehead atoms. The zero-order valence-corrected chi connectivity index (χ0v) is 7.34. The van der Waals surface area contributed by atoms with Gasteiger partial charge in [0.15, 0.2) is 0 Å². The highest BCUT2D eigenvalue weighted by Gasteiger charge is 2.03. The average Bonchev–Trinajstić information content (AvgIpc) is 2.10. The molecule has 0 amide bonds. The van der Waals surface area contributed by atoms with E-state index in [0.717, 1.165) is 0 Å². The summed E-state index contributed by atoms with van der Waals surface area (Å²) in [6.45, 7) is -0.687. The van der Waals surface area contributed by atoms with Gasteiger partial charge in [-0.25, -0.2) is 13.2 Å². The van der Waals surface area contributed by atoms with Crippen molar-refractivity contribution in [2.75, 3.05) is 12.3 Å². The van der Waals surface area contributed by atoms with Crippen molar-refractivity contribution in [2.45, 2.75) is 13.0 Å². The standard InChI is InChI=1S/C9H10F3NO/c10-7-3-6(1-2-8(7)13)4-14-5-9(11)12/h1-3,9H,4-5,13H2. The highest BCUT2D eigenvalue weighted by atomic mass is 19.3. The summed E-state index contributed by atoms with van der Waals surface area (Å²) < 4.78 is 40.8. The molecular formula is C9H10F3NO. The van der Waals surface area contributed by atoms with Gasteiger partial charge in [0.1, 0.15) is 12.4 Å². The summed E-state index contributed by atoms with van der Waals surface area (Å²) in [4.78, 5) is 0. The molecule has 0 heterocycles. The van der Waals surface area contributed by atoms with Gasteiger partial charge < -0.3 is 10.5 Å². The molecule has 0 unspecified atom stereocenters. The molecule has 0 saturated heterocycles. The van der Waals surface area contributed by atoms with E-state index >= 15 is 0 Å². The highest BCUT2D eigenvalue weighted by molar-refractivity contribution is 5.41. The molecule has 1 rings (SSSR count). The number of ether oxygens (including phenoxy) is 1. The van der Waals surface area contributed by atoms with Crippen LogP contribution in [0.15, 0.2) is 18.2 Å². The van der Waals surface area contributed by atoms with Crippen LogP contribution >= 0.6 is 0 Å². The van der Waals surface area contributed by atoms with E-state index in [9.17, 15) is 13.2 Å². The van der Waals surface area contributed by atoms with Gasteiger partial charge >= 0.3 is 0 Å². The molecule has 0 aliphatic heterocycles. The molecule has 1 aromatic rings. The van der Waals surface area contributed by atoms with Crippen molar-refractivity contribution in [3.05, 3.63) is 29.6 Å². The third kappa shape index (κ3) is 3.26. The summed E-state index contributed by atoms with van der Waals surface area (Å²) in [6, 6.07) is 4.07. The number of alkyl halides is 2. The van der Waals surface area contributed by atoms with E-state index in [1.165, 1.54) is 18.2 Å². The lowest BCUT2D eigenvalue weighted by atomic mass is 10.2. The maximum Gasteiger partial charge on any atom is 0.261 e. The van der Waals surface area contributed by atoms with Crippen molar-refractivity contribution in [2.24, 2.45) is 0 Å². The Hall–Kier alpha value is -1.23. The second-order valence-electron chi connectivity index (χ2n) is 2.76. The normalized spacial score (nSPS) is 10.9. The maximum absolute atomic E-state index is 12.8. The summed E-state index contributed by atoms with van der Waals surface area (Å²) in [7, 11) is 0. The van der Waals surface area contributed by atoms with Crippen molar-refractivity contribution in [3.8, 4) is 0 Å². The number of rotatable bonds is 4. The fourth-order valence-electron chi connectivity index (χ4n) is 0.926. The van der Waals surface area contributed by atoms with Gasteiger partial charge in [0.05, 0.1) is 12.3 Å².